The number of benzene rings is 1. The summed E-state index contributed by atoms with van der Waals surface area (Å²) in [7, 11) is 0. The van der Waals surface area contributed by atoms with Crippen molar-refractivity contribution in [2.24, 2.45) is 0 Å². The first-order valence-electron chi connectivity index (χ1n) is 6.96. The summed E-state index contributed by atoms with van der Waals surface area (Å²) in [6.07, 6.45) is 3.68. The molecule has 0 aromatic heterocycles. The quantitative estimate of drug-likeness (QED) is 0.746. The maximum Gasteiger partial charge on any atom is 0.0410 e. The Labute approximate surface area is 115 Å². The number of nitrogens with one attached hydrogen (secondary N) is 2. The maximum atomic E-state index is 6.08. The van der Waals surface area contributed by atoms with Crippen LogP contribution in [0.5, 0.6) is 0 Å². The minimum atomic E-state index is 0.339. The lowest BCUT2D eigenvalue weighted by atomic mass is 9.75. The van der Waals surface area contributed by atoms with Crippen LogP contribution >= 0.6 is 11.6 Å². The molecule has 3 rings (SSSR count). The summed E-state index contributed by atoms with van der Waals surface area (Å²) < 4.78 is 0. The second-order valence-corrected chi connectivity index (χ2v) is 5.72. The molecule has 2 nitrogen and oxygen atoms in total. The molecule has 3 heteroatoms. The van der Waals surface area contributed by atoms with Crippen molar-refractivity contribution in [3.63, 3.8) is 0 Å². The molecule has 0 aliphatic carbocycles. The Balaban J connectivity index is 0.000000367. The number of anilines is 1. The Morgan fingerprint density at radius 1 is 1.22 bits per heavy atom. The van der Waals surface area contributed by atoms with Crippen molar-refractivity contribution in [3.8, 4) is 0 Å². The fourth-order valence-electron chi connectivity index (χ4n) is 2.82. The van der Waals surface area contributed by atoms with E-state index < -0.39 is 0 Å². The van der Waals surface area contributed by atoms with Gasteiger partial charge < -0.3 is 10.6 Å². The van der Waals surface area contributed by atoms with Gasteiger partial charge in [-0.2, -0.15) is 0 Å². The van der Waals surface area contributed by atoms with Gasteiger partial charge in [0.15, 0.2) is 0 Å². The van der Waals surface area contributed by atoms with E-state index in [0.29, 0.717) is 5.41 Å². The Morgan fingerprint density at radius 3 is 2.56 bits per heavy atom. The molecule has 0 unspecified atom stereocenters. The highest BCUT2D eigenvalue weighted by atomic mass is 35.5. The highest BCUT2D eigenvalue weighted by Crippen LogP contribution is 2.43. The molecule has 2 heterocycles. The Hall–Kier alpha value is -0.730. The minimum Gasteiger partial charge on any atom is -0.384 e. The first-order valence-corrected chi connectivity index (χ1v) is 7.34. The molecule has 1 saturated heterocycles. The summed E-state index contributed by atoms with van der Waals surface area (Å²) in [5.74, 6) is 0. The van der Waals surface area contributed by atoms with Crippen LogP contribution < -0.4 is 10.6 Å². The van der Waals surface area contributed by atoms with Crippen molar-refractivity contribution in [3.05, 3.63) is 28.8 Å². The number of hydrogen-bond donors (Lipinski definition) is 2. The molecule has 0 saturated carbocycles. The van der Waals surface area contributed by atoms with Gasteiger partial charge >= 0.3 is 0 Å². The lowest BCUT2D eigenvalue weighted by Gasteiger charge is -2.33. The van der Waals surface area contributed by atoms with E-state index in [4.69, 9.17) is 11.6 Å². The van der Waals surface area contributed by atoms with E-state index in [9.17, 15) is 0 Å². The van der Waals surface area contributed by atoms with Crippen molar-refractivity contribution < 1.29 is 0 Å². The van der Waals surface area contributed by atoms with Crippen LogP contribution in [0, 0.1) is 0 Å². The molecule has 1 fully saturated rings. The second kappa shape index (κ2) is 5.94. The number of hydrogen-bond acceptors (Lipinski definition) is 2. The van der Waals surface area contributed by atoms with Gasteiger partial charge in [0.25, 0.3) is 0 Å². The molecular formula is C15H23ClN2. The third kappa shape index (κ3) is 2.65. The highest BCUT2D eigenvalue weighted by Gasteiger charge is 2.39. The Morgan fingerprint density at radius 2 is 1.89 bits per heavy atom. The predicted molar refractivity (Wildman–Crippen MR) is 79.7 cm³/mol. The molecule has 0 radical (unpaired) electrons. The van der Waals surface area contributed by atoms with Crippen LogP contribution in [0.4, 0.5) is 5.69 Å². The molecule has 100 valence electrons. The zero-order chi connectivity index (χ0) is 13.0. The fourth-order valence-corrected chi connectivity index (χ4v) is 2.99. The van der Waals surface area contributed by atoms with E-state index in [1.54, 1.807) is 0 Å². The van der Waals surface area contributed by atoms with Gasteiger partial charge in [0.2, 0.25) is 0 Å². The van der Waals surface area contributed by atoms with Gasteiger partial charge in [-0.3, -0.25) is 0 Å². The van der Waals surface area contributed by atoms with E-state index in [0.717, 1.165) is 24.7 Å². The molecule has 2 aliphatic rings. The maximum absolute atomic E-state index is 6.08. The first-order chi connectivity index (χ1) is 8.72. The van der Waals surface area contributed by atoms with E-state index in [2.05, 4.69) is 36.6 Å². The zero-order valence-corrected chi connectivity index (χ0v) is 12.1. The molecule has 0 amide bonds. The molecule has 0 atom stereocenters. The number of rotatable bonds is 0. The largest absolute Gasteiger partial charge is 0.384 e. The van der Waals surface area contributed by atoms with Crippen LogP contribution in [0.2, 0.25) is 5.02 Å². The SMILES string of the molecule is CCC.Clc1ccc2c(c1)C1(CCNCC1)CN2. The molecule has 1 aromatic carbocycles. The van der Waals surface area contributed by atoms with Gasteiger partial charge in [0, 0.05) is 22.7 Å². The third-order valence-corrected chi connectivity index (χ3v) is 3.97. The van der Waals surface area contributed by atoms with Crippen LogP contribution in [0.25, 0.3) is 0 Å². The highest BCUT2D eigenvalue weighted by molar-refractivity contribution is 6.30. The summed E-state index contributed by atoms with van der Waals surface area (Å²) in [5, 5.41) is 7.78. The average molecular weight is 267 g/mol. The van der Waals surface area contributed by atoms with Crippen molar-refractivity contribution in [1.29, 1.82) is 0 Å². The summed E-state index contributed by atoms with van der Waals surface area (Å²) in [5.41, 5.74) is 3.05. The number of halogens is 1. The van der Waals surface area contributed by atoms with E-state index >= 15 is 0 Å². The lowest BCUT2D eigenvalue weighted by molar-refractivity contribution is 0.335. The third-order valence-electron chi connectivity index (χ3n) is 3.73. The Bertz CT molecular complexity index is 392. The van der Waals surface area contributed by atoms with Gasteiger partial charge in [0.1, 0.15) is 0 Å². The standard InChI is InChI=1S/C12H15ClN2.C3H8/c13-9-1-2-11-10(7-9)12(8-15-11)3-5-14-6-4-12;1-3-2/h1-2,7,14-15H,3-6,8H2;3H2,1-2H3. The Kier molecular flexibility index (Phi) is 4.52. The lowest BCUT2D eigenvalue weighted by Crippen LogP contribution is -2.41. The van der Waals surface area contributed by atoms with Crippen LogP contribution in [0.15, 0.2) is 18.2 Å². The van der Waals surface area contributed by atoms with Gasteiger partial charge in [0.05, 0.1) is 0 Å². The molecule has 1 spiro atoms. The van der Waals surface area contributed by atoms with Crippen LogP contribution in [0.1, 0.15) is 38.7 Å². The smallest absolute Gasteiger partial charge is 0.0410 e. The van der Waals surface area contributed by atoms with Gasteiger partial charge in [-0.15, -0.1) is 0 Å². The van der Waals surface area contributed by atoms with Crippen molar-refractivity contribution in [2.75, 3.05) is 25.0 Å². The van der Waals surface area contributed by atoms with Gasteiger partial charge in [-0.05, 0) is 49.7 Å². The molecule has 0 bridgehead atoms. The van der Waals surface area contributed by atoms with Crippen LogP contribution in [0.3, 0.4) is 0 Å². The molecular weight excluding hydrogens is 244 g/mol. The van der Waals surface area contributed by atoms with E-state index in [1.165, 1.54) is 30.5 Å². The minimum absolute atomic E-state index is 0.339. The summed E-state index contributed by atoms with van der Waals surface area (Å²) in [4.78, 5) is 0. The van der Waals surface area contributed by atoms with Crippen LogP contribution in [-0.4, -0.2) is 19.6 Å². The fraction of sp³-hybridized carbons (Fsp3) is 0.600. The average Bonchev–Trinajstić information content (AvgIpc) is 2.70. The number of piperidine rings is 1. The van der Waals surface area contributed by atoms with E-state index in [1.807, 2.05) is 6.07 Å². The topological polar surface area (TPSA) is 24.1 Å². The molecule has 1 aromatic rings. The number of fused-ring (bicyclic) bond motifs is 2. The van der Waals surface area contributed by atoms with Crippen LogP contribution in [-0.2, 0) is 5.41 Å². The molecule has 2 N–H and O–H groups in total. The van der Waals surface area contributed by atoms with Crippen molar-refractivity contribution >= 4 is 17.3 Å². The summed E-state index contributed by atoms with van der Waals surface area (Å²) in [6, 6.07) is 6.21. The normalized spacial score (nSPS) is 19.7. The van der Waals surface area contributed by atoms with Crippen molar-refractivity contribution in [1.82, 2.24) is 5.32 Å². The summed E-state index contributed by atoms with van der Waals surface area (Å²) in [6.45, 7) is 7.56. The van der Waals surface area contributed by atoms with Crippen molar-refractivity contribution in [2.45, 2.75) is 38.5 Å². The molecule has 2 aliphatic heterocycles. The van der Waals surface area contributed by atoms with Gasteiger partial charge in [-0.1, -0.05) is 31.9 Å². The zero-order valence-electron chi connectivity index (χ0n) is 11.4. The molecule has 18 heavy (non-hydrogen) atoms. The van der Waals surface area contributed by atoms with Gasteiger partial charge in [-0.25, -0.2) is 0 Å². The summed E-state index contributed by atoms with van der Waals surface area (Å²) >= 11 is 6.08. The monoisotopic (exact) mass is 266 g/mol. The van der Waals surface area contributed by atoms with E-state index in [-0.39, 0.29) is 0 Å². The predicted octanol–water partition coefficient (Wildman–Crippen LogP) is 3.80. The second-order valence-electron chi connectivity index (χ2n) is 5.28. The first kappa shape index (κ1) is 13.7.